The monoisotopic (exact) mass is 528 g/mol. The topological polar surface area (TPSA) is 59.7 Å². The Morgan fingerprint density at radius 3 is 2.28 bits per heavy atom. The molecule has 0 saturated heterocycles. The molecule has 0 atom stereocenters. The highest BCUT2D eigenvalue weighted by atomic mass is 19.1. The zero-order valence-electron chi connectivity index (χ0n) is 23.2. The summed E-state index contributed by atoms with van der Waals surface area (Å²) in [5.41, 5.74) is 4.25. The van der Waals surface area contributed by atoms with Gasteiger partial charge < -0.3 is 19.7 Å². The van der Waals surface area contributed by atoms with Crippen LogP contribution in [-0.4, -0.2) is 60.3 Å². The van der Waals surface area contributed by atoms with Crippen LogP contribution in [0.3, 0.4) is 0 Å². The van der Waals surface area contributed by atoms with Crippen LogP contribution in [0, 0.1) is 11.7 Å². The Bertz CT molecular complexity index is 1410. The van der Waals surface area contributed by atoms with Crippen LogP contribution in [0.15, 0.2) is 79.0 Å². The van der Waals surface area contributed by atoms with Crippen LogP contribution in [0.5, 0.6) is 0 Å². The molecule has 0 aliphatic heterocycles. The number of halogens is 1. The van der Waals surface area contributed by atoms with Crippen LogP contribution in [0.2, 0.25) is 0 Å². The van der Waals surface area contributed by atoms with E-state index >= 15 is 0 Å². The van der Waals surface area contributed by atoms with E-state index in [-0.39, 0.29) is 23.9 Å². The molecule has 4 aromatic rings. The third kappa shape index (κ3) is 7.05. The third-order valence-corrected chi connectivity index (χ3v) is 6.81. The van der Waals surface area contributed by atoms with Crippen LogP contribution >= 0.6 is 0 Å². The standard InChI is InChI=1S/C32H37FN4O2/c1-23(2)20-37(32(39)28-10-5-7-11-29(28)33)22-31(38)36(21-24-13-15-26(16-14-24)35(3)4)18-17-25-19-34-30-12-8-6-9-27(25)30/h5-16,19,23,34H,17-18,20-22H2,1-4H3. The lowest BCUT2D eigenvalue weighted by Gasteiger charge is -2.29. The molecule has 6 nitrogen and oxygen atoms in total. The molecule has 1 heterocycles. The Hall–Kier alpha value is -4.13. The van der Waals surface area contributed by atoms with E-state index in [1.165, 1.54) is 17.0 Å². The number of aromatic amines is 1. The van der Waals surface area contributed by atoms with Crippen molar-refractivity contribution in [3.63, 3.8) is 0 Å². The fourth-order valence-corrected chi connectivity index (χ4v) is 4.73. The summed E-state index contributed by atoms with van der Waals surface area (Å²) in [4.78, 5) is 35.7. The van der Waals surface area contributed by atoms with Crippen molar-refractivity contribution in [3.05, 3.63) is 102 Å². The van der Waals surface area contributed by atoms with E-state index < -0.39 is 11.7 Å². The molecule has 0 unspecified atom stereocenters. The summed E-state index contributed by atoms with van der Waals surface area (Å²) in [6, 6.07) is 22.2. The number of benzene rings is 3. The first-order valence-electron chi connectivity index (χ1n) is 13.4. The predicted molar refractivity (Wildman–Crippen MR) is 155 cm³/mol. The number of hydrogen-bond donors (Lipinski definition) is 1. The Kier molecular flexibility index (Phi) is 9.02. The summed E-state index contributed by atoms with van der Waals surface area (Å²) in [6.07, 6.45) is 2.66. The number of amides is 2. The second-order valence-corrected chi connectivity index (χ2v) is 10.5. The molecule has 39 heavy (non-hydrogen) atoms. The predicted octanol–water partition coefficient (Wildman–Crippen LogP) is 5.74. The summed E-state index contributed by atoms with van der Waals surface area (Å²) >= 11 is 0. The maximum absolute atomic E-state index is 14.5. The van der Waals surface area contributed by atoms with E-state index in [1.807, 2.05) is 81.5 Å². The van der Waals surface area contributed by atoms with Gasteiger partial charge in [0.25, 0.3) is 5.91 Å². The fraction of sp³-hybridized carbons (Fsp3) is 0.312. The number of carbonyl (C=O) groups excluding carboxylic acids is 2. The second-order valence-electron chi connectivity index (χ2n) is 10.5. The van der Waals surface area contributed by atoms with Crippen molar-refractivity contribution in [1.29, 1.82) is 0 Å². The Morgan fingerprint density at radius 1 is 0.897 bits per heavy atom. The van der Waals surface area contributed by atoms with Gasteiger partial charge in [-0.3, -0.25) is 9.59 Å². The first-order valence-corrected chi connectivity index (χ1v) is 13.4. The van der Waals surface area contributed by atoms with Gasteiger partial charge in [0.15, 0.2) is 0 Å². The number of carbonyl (C=O) groups is 2. The van der Waals surface area contributed by atoms with Gasteiger partial charge >= 0.3 is 0 Å². The van der Waals surface area contributed by atoms with E-state index in [1.54, 1.807) is 17.0 Å². The molecule has 7 heteroatoms. The minimum Gasteiger partial charge on any atom is -0.378 e. The molecule has 2 amide bonds. The van der Waals surface area contributed by atoms with E-state index in [0.29, 0.717) is 26.1 Å². The van der Waals surface area contributed by atoms with Crippen molar-refractivity contribution in [2.45, 2.75) is 26.8 Å². The van der Waals surface area contributed by atoms with Crippen molar-refractivity contribution in [3.8, 4) is 0 Å². The Labute approximate surface area is 230 Å². The average Bonchev–Trinajstić information content (AvgIpc) is 3.33. The number of para-hydroxylation sites is 1. The molecular formula is C32H37FN4O2. The molecule has 4 rings (SSSR count). The molecule has 1 N–H and O–H groups in total. The van der Waals surface area contributed by atoms with E-state index in [9.17, 15) is 14.0 Å². The molecule has 204 valence electrons. The van der Waals surface area contributed by atoms with Gasteiger partial charge in [0.1, 0.15) is 12.4 Å². The van der Waals surface area contributed by atoms with Crippen molar-refractivity contribution >= 4 is 28.4 Å². The minimum atomic E-state index is -0.583. The molecule has 0 aliphatic carbocycles. The quantitative estimate of drug-likeness (QED) is 0.270. The number of rotatable bonds is 11. The second kappa shape index (κ2) is 12.6. The van der Waals surface area contributed by atoms with E-state index in [0.717, 1.165) is 27.7 Å². The SMILES string of the molecule is CC(C)CN(CC(=O)N(CCc1c[nH]c2ccccc12)Cc1ccc(N(C)C)cc1)C(=O)c1ccccc1F. The third-order valence-electron chi connectivity index (χ3n) is 6.81. The number of anilines is 1. The molecule has 0 bridgehead atoms. The Morgan fingerprint density at radius 2 is 1.59 bits per heavy atom. The van der Waals surface area contributed by atoms with Crippen molar-refractivity contribution < 1.29 is 14.0 Å². The summed E-state index contributed by atoms with van der Waals surface area (Å²) in [5.74, 6) is -1.11. The van der Waals surface area contributed by atoms with Crippen LogP contribution in [-0.2, 0) is 17.8 Å². The van der Waals surface area contributed by atoms with Gasteiger partial charge in [0, 0.05) is 56.5 Å². The van der Waals surface area contributed by atoms with Crippen LogP contribution in [0.4, 0.5) is 10.1 Å². The number of nitrogens with one attached hydrogen (secondary N) is 1. The van der Waals surface area contributed by atoms with Crippen molar-refractivity contribution in [2.75, 3.05) is 38.6 Å². The Balaban J connectivity index is 1.57. The fourth-order valence-electron chi connectivity index (χ4n) is 4.73. The lowest BCUT2D eigenvalue weighted by Crippen LogP contribution is -2.44. The lowest BCUT2D eigenvalue weighted by atomic mass is 10.1. The van der Waals surface area contributed by atoms with Gasteiger partial charge in [-0.1, -0.05) is 56.3 Å². The molecule has 0 spiro atoms. The van der Waals surface area contributed by atoms with Gasteiger partial charge in [-0.2, -0.15) is 0 Å². The zero-order chi connectivity index (χ0) is 27.9. The maximum atomic E-state index is 14.5. The molecule has 0 saturated carbocycles. The summed E-state index contributed by atoms with van der Waals surface area (Å²) in [7, 11) is 3.98. The van der Waals surface area contributed by atoms with E-state index in [2.05, 4.69) is 11.1 Å². The maximum Gasteiger partial charge on any atom is 0.257 e. The highest BCUT2D eigenvalue weighted by Crippen LogP contribution is 2.20. The molecular weight excluding hydrogens is 491 g/mol. The van der Waals surface area contributed by atoms with Gasteiger partial charge in [-0.25, -0.2) is 4.39 Å². The average molecular weight is 529 g/mol. The smallest absolute Gasteiger partial charge is 0.257 e. The number of nitrogens with zero attached hydrogens (tertiary/aromatic N) is 3. The number of aromatic nitrogens is 1. The number of H-pyrrole nitrogens is 1. The van der Waals surface area contributed by atoms with E-state index in [4.69, 9.17) is 0 Å². The zero-order valence-corrected chi connectivity index (χ0v) is 23.2. The van der Waals surface area contributed by atoms with Crippen LogP contribution in [0.25, 0.3) is 10.9 Å². The van der Waals surface area contributed by atoms with Gasteiger partial charge in [-0.05, 0) is 53.8 Å². The van der Waals surface area contributed by atoms with Crippen molar-refractivity contribution in [1.82, 2.24) is 14.8 Å². The van der Waals surface area contributed by atoms with Gasteiger partial charge in [-0.15, -0.1) is 0 Å². The largest absolute Gasteiger partial charge is 0.378 e. The molecule has 0 aliphatic rings. The molecule has 3 aromatic carbocycles. The molecule has 1 aromatic heterocycles. The normalized spacial score (nSPS) is 11.1. The first kappa shape index (κ1) is 27.9. The van der Waals surface area contributed by atoms with Crippen LogP contribution in [0.1, 0.15) is 35.3 Å². The van der Waals surface area contributed by atoms with Crippen LogP contribution < -0.4 is 4.90 Å². The summed E-state index contributed by atoms with van der Waals surface area (Å²) in [6.45, 7) is 5.10. The highest BCUT2D eigenvalue weighted by molar-refractivity contribution is 5.96. The highest BCUT2D eigenvalue weighted by Gasteiger charge is 2.25. The lowest BCUT2D eigenvalue weighted by molar-refractivity contribution is -0.132. The minimum absolute atomic E-state index is 0.0180. The van der Waals surface area contributed by atoms with Gasteiger partial charge in [0.05, 0.1) is 5.56 Å². The summed E-state index contributed by atoms with van der Waals surface area (Å²) in [5, 5.41) is 1.14. The number of fused-ring (bicyclic) bond motifs is 1. The molecule has 0 fully saturated rings. The first-order chi connectivity index (χ1) is 18.7. The summed E-state index contributed by atoms with van der Waals surface area (Å²) < 4.78 is 14.5. The van der Waals surface area contributed by atoms with Crippen molar-refractivity contribution in [2.24, 2.45) is 5.92 Å². The molecule has 0 radical (unpaired) electrons. The number of hydrogen-bond acceptors (Lipinski definition) is 3. The van der Waals surface area contributed by atoms with Gasteiger partial charge in [0.2, 0.25) is 5.91 Å².